The molecule has 116 valence electrons. The van der Waals surface area contributed by atoms with E-state index in [0.29, 0.717) is 0 Å². The van der Waals surface area contributed by atoms with Gasteiger partial charge in [0.2, 0.25) is 15.9 Å². The van der Waals surface area contributed by atoms with Crippen molar-refractivity contribution in [3.8, 4) is 0 Å². The monoisotopic (exact) mass is 397 g/mol. The Morgan fingerprint density at radius 2 is 2.14 bits per heavy atom. The SMILES string of the molecule is NC(=O)C1COCCN1S(=O)(=O)c1cc(Cl)cc(N)c1Br. The molecular weight excluding hydrogens is 386 g/mol. The van der Waals surface area contributed by atoms with E-state index in [2.05, 4.69) is 15.9 Å². The molecule has 1 aliphatic rings. The molecule has 10 heteroatoms. The fourth-order valence-electron chi connectivity index (χ4n) is 2.00. The number of morpholine rings is 1. The highest BCUT2D eigenvalue weighted by Crippen LogP contribution is 2.34. The number of nitrogen functional groups attached to an aromatic ring is 1. The number of amides is 1. The van der Waals surface area contributed by atoms with Crippen LogP contribution >= 0.6 is 27.5 Å². The van der Waals surface area contributed by atoms with Crippen LogP contribution in [0.25, 0.3) is 0 Å². The summed E-state index contributed by atoms with van der Waals surface area (Å²) in [6.45, 7) is 0.119. The van der Waals surface area contributed by atoms with Crippen LogP contribution < -0.4 is 11.5 Å². The first-order valence-electron chi connectivity index (χ1n) is 5.88. The predicted molar refractivity (Wildman–Crippen MR) is 81.3 cm³/mol. The first kappa shape index (κ1) is 16.5. The summed E-state index contributed by atoms with van der Waals surface area (Å²) in [5.74, 6) is -0.774. The van der Waals surface area contributed by atoms with E-state index in [1.807, 2.05) is 0 Å². The standard InChI is InChI=1S/C11H13BrClN3O4S/c12-10-7(14)3-6(13)4-9(10)21(18,19)16-1-2-20-5-8(16)11(15)17/h3-4,8H,1-2,5,14H2,(H2,15,17). The van der Waals surface area contributed by atoms with Gasteiger partial charge < -0.3 is 16.2 Å². The highest BCUT2D eigenvalue weighted by molar-refractivity contribution is 9.10. The first-order valence-corrected chi connectivity index (χ1v) is 8.49. The number of ether oxygens (including phenoxy) is 1. The highest BCUT2D eigenvalue weighted by atomic mass is 79.9. The Hall–Kier alpha value is -0.870. The molecule has 1 saturated heterocycles. The number of nitrogens with zero attached hydrogens (tertiary/aromatic N) is 1. The predicted octanol–water partition coefficient (Wildman–Crippen LogP) is 0.560. The minimum Gasteiger partial charge on any atom is -0.398 e. The smallest absolute Gasteiger partial charge is 0.245 e. The summed E-state index contributed by atoms with van der Waals surface area (Å²) in [6.07, 6.45) is 0. The van der Waals surface area contributed by atoms with Crippen LogP contribution in [0.5, 0.6) is 0 Å². The van der Waals surface area contributed by atoms with E-state index in [4.69, 9.17) is 27.8 Å². The van der Waals surface area contributed by atoms with E-state index in [1.165, 1.54) is 12.1 Å². The normalized spacial score (nSPS) is 20.4. The van der Waals surface area contributed by atoms with Gasteiger partial charge in [-0.05, 0) is 28.1 Å². The summed E-state index contributed by atoms with van der Waals surface area (Å²) < 4.78 is 31.8. The van der Waals surface area contributed by atoms with Crippen LogP contribution in [0.15, 0.2) is 21.5 Å². The molecule has 1 fully saturated rings. The van der Waals surface area contributed by atoms with Gasteiger partial charge in [0.25, 0.3) is 0 Å². The molecule has 1 aliphatic heterocycles. The number of carbonyl (C=O) groups excluding carboxylic acids is 1. The van der Waals surface area contributed by atoms with Crippen molar-refractivity contribution >= 4 is 49.1 Å². The number of halogens is 2. The summed E-state index contributed by atoms with van der Waals surface area (Å²) in [5, 5.41) is 0.179. The van der Waals surface area contributed by atoms with Gasteiger partial charge >= 0.3 is 0 Å². The fraction of sp³-hybridized carbons (Fsp3) is 0.364. The van der Waals surface area contributed by atoms with Gasteiger partial charge in [-0.25, -0.2) is 8.42 Å². The molecule has 0 radical (unpaired) electrons. The number of hydrogen-bond acceptors (Lipinski definition) is 5. The summed E-state index contributed by atoms with van der Waals surface area (Å²) in [4.78, 5) is 11.3. The van der Waals surface area contributed by atoms with Crippen LogP contribution in [0.4, 0.5) is 5.69 Å². The minimum atomic E-state index is -3.99. The molecule has 1 aromatic carbocycles. The van der Waals surface area contributed by atoms with E-state index in [0.717, 1.165) is 4.31 Å². The van der Waals surface area contributed by atoms with Crippen LogP contribution in [0.3, 0.4) is 0 Å². The van der Waals surface area contributed by atoms with Crippen LogP contribution in [0.1, 0.15) is 0 Å². The van der Waals surface area contributed by atoms with Crippen molar-refractivity contribution in [3.63, 3.8) is 0 Å². The highest BCUT2D eigenvalue weighted by Gasteiger charge is 2.38. The molecule has 21 heavy (non-hydrogen) atoms. The van der Waals surface area contributed by atoms with Gasteiger partial charge in [0.15, 0.2) is 0 Å². The molecule has 1 amide bonds. The number of anilines is 1. The largest absolute Gasteiger partial charge is 0.398 e. The van der Waals surface area contributed by atoms with Crippen LogP contribution in [-0.2, 0) is 19.6 Å². The maximum absolute atomic E-state index is 12.7. The van der Waals surface area contributed by atoms with E-state index < -0.39 is 22.0 Å². The lowest BCUT2D eigenvalue weighted by atomic mass is 10.3. The number of nitrogens with two attached hydrogens (primary N) is 2. The summed E-state index contributed by atoms with van der Waals surface area (Å²) in [5.41, 5.74) is 11.1. The molecule has 0 saturated carbocycles. The lowest BCUT2D eigenvalue weighted by molar-refractivity contribution is -0.125. The molecular formula is C11H13BrClN3O4S. The number of benzene rings is 1. The third-order valence-electron chi connectivity index (χ3n) is 3.03. The van der Waals surface area contributed by atoms with E-state index in [-0.39, 0.29) is 39.8 Å². The second-order valence-electron chi connectivity index (χ2n) is 4.42. The van der Waals surface area contributed by atoms with Gasteiger partial charge in [-0.3, -0.25) is 4.79 Å². The molecule has 0 aliphatic carbocycles. The first-order chi connectivity index (χ1) is 9.75. The zero-order chi connectivity index (χ0) is 15.8. The van der Waals surface area contributed by atoms with Crippen LogP contribution in [0, 0.1) is 0 Å². The van der Waals surface area contributed by atoms with Crippen molar-refractivity contribution in [2.75, 3.05) is 25.5 Å². The number of sulfonamides is 1. The Bertz CT molecular complexity index is 682. The summed E-state index contributed by atoms with van der Waals surface area (Å²) in [7, 11) is -3.99. The van der Waals surface area contributed by atoms with Gasteiger partial charge in [-0.2, -0.15) is 4.31 Å². The molecule has 0 aromatic heterocycles. The lowest BCUT2D eigenvalue weighted by Gasteiger charge is -2.32. The molecule has 1 aromatic rings. The van der Waals surface area contributed by atoms with Crippen LogP contribution in [-0.4, -0.2) is 44.4 Å². The molecule has 1 heterocycles. The quantitative estimate of drug-likeness (QED) is 0.722. The molecule has 1 unspecified atom stereocenters. The molecule has 4 N–H and O–H groups in total. The minimum absolute atomic E-state index is 0.0226. The second kappa shape index (κ2) is 6.09. The zero-order valence-electron chi connectivity index (χ0n) is 10.8. The Balaban J connectivity index is 2.53. The van der Waals surface area contributed by atoms with E-state index in [9.17, 15) is 13.2 Å². The third-order valence-corrected chi connectivity index (χ3v) is 6.32. The van der Waals surface area contributed by atoms with Gasteiger partial charge in [0.1, 0.15) is 6.04 Å². The van der Waals surface area contributed by atoms with E-state index in [1.54, 1.807) is 0 Å². The van der Waals surface area contributed by atoms with Crippen LogP contribution in [0.2, 0.25) is 5.02 Å². The third kappa shape index (κ3) is 3.16. The summed E-state index contributed by atoms with van der Waals surface area (Å²) >= 11 is 9.00. The number of primary amides is 1. The zero-order valence-corrected chi connectivity index (χ0v) is 13.9. The average molecular weight is 399 g/mol. The van der Waals surface area contributed by atoms with Crippen molar-refractivity contribution in [1.82, 2.24) is 4.31 Å². The number of carbonyl (C=O) groups is 1. The van der Waals surface area contributed by atoms with Gasteiger partial charge in [-0.1, -0.05) is 11.6 Å². The van der Waals surface area contributed by atoms with Crippen molar-refractivity contribution in [3.05, 3.63) is 21.6 Å². The van der Waals surface area contributed by atoms with Gasteiger partial charge in [-0.15, -0.1) is 0 Å². The molecule has 2 rings (SSSR count). The maximum atomic E-state index is 12.7. The summed E-state index contributed by atoms with van der Waals surface area (Å²) in [6, 6.07) is 1.64. The van der Waals surface area contributed by atoms with Crippen molar-refractivity contribution in [2.45, 2.75) is 10.9 Å². The van der Waals surface area contributed by atoms with E-state index >= 15 is 0 Å². The molecule has 1 atom stereocenters. The van der Waals surface area contributed by atoms with Gasteiger partial charge in [0.05, 0.1) is 22.6 Å². The Kier molecular flexibility index (Phi) is 4.79. The molecule has 7 nitrogen and oxygen atoms in total. The lowest BCUT2D eigenvalue weighted by Crippen LogP contribution is -2.54. The maximum Gasteiger partial charge on any atom is 0.245 e. The fourth-order valence-corrected chi connectivity index (χ4v) is 4.82. The van der Waals surface area contributed by atoms with Crippen molar-refractivity contribution < 1.29 is 17.9 Å². The molecule has 0 spiro atoms. The van der Waals surface area contributed by atoms with Gasteiger partial charge in [0, 0.05) is 17.3 Å². The number of hydrogen-bond donors (Lipinski definition) is 2. The Labute approximate surface area is 135 Å². The van der Waals surface area contributed by atoms with Crippen molar-refractivity contribution in [1.29, 1.82) is 0 Å². The average Bonchev–Trinajstić information content (AvgIpc) is 2.42. The number of rotatable bonds is 3. The Morgan fingerprint density at radius 3 is 2.76 bits per heavy atom. The van der Waals surface area contributed by atoms with Crippen molar-refractivity contribution in [2.24, 2.45) is 5.73 Å². The second-order valence-corrected chi connectivity index (χ2v) is 7.50. The molecule has 0 bridgehead atoms. The Morgan fingerprint density at radius 1 is 1.48 bits per heavy atom. The topological polar surface area (TPSA) is 116 Å².